The summed E-state index contributed by atoms with van der Waals surface area (Å²) in [6.45, 7) is 4.86. The first-order valence-corrected chi connectivity index (χ1v) is 9.37. The Balaban J connectivity index is 1.64. The second-order valence-electron chi connectivity index (χ2n) is 7.45. The molecule has 1 aliphatic rings. The lowest BCUT2D eigenvalue weighted by molar-refractivity contribution is -0.132. The van der Waals surface area contributed by atoms with Crippen LogP contribution in [0.15, 0.2) is 34.1 Å². The maximum Gasteiger partial charge on any atom is 0.329 e. The van der Waals surface area contributed by atoms with Gasteiger partial charge in [0.1, 0.15) is 6.54 Å². The number of rotatable bonds is 3. The highest BCUT2D eigenvalue weighted by Crippen LogP contribution is 2.33. The molecule has 0 spiro atoms. The van der Waals surface area contributed by atoms with Gasteiger partial charge in [0.2, 0.25) is 5.91 Å². The SMILES string of the molecule is Cc1ccc(C2CCCN2C(=O)Cn2cnc3c2c(=O)[nH]c(=O)n3C)cc1C. The molecule has 1 N–H and O–H groups in total. The van der Waals surface area contributed by atoms with Gasteiger partial charge in [-0.2, -0.15) is 0 Å². The van der Waals surface area contributed by atoms with Crippen molar-refractivity contribution in [2.45, 2.75) is 39.3 Å². The van der Waals surface area contributed by atoms with Crippen molar-refractivity contribution in [1.29, 1.82) is 0 Å². The molecule has 0 bridgehead atoms. The Bertz CT molecular complexity index is 1190. The fraction of sp³-hybridized carbons (Fsp3) is 0.400. The van der Waals surface area contributed by atoms with Gasteiger partial charge in [-0.25, -0.2) is 9.78 Å². The van der Waals surface area contributed by atoms with E-state index in [1.807, 2.05) is 4.90 Å². The molecule has 1 fully saturated rings. The lowest BCUT2D eigenvalue weighted by atomic mass is 9.99. The molecular weight excluding hydrogens is 358 g/mol. The van der Waals surface area contributed by atoms with Crippen LogP contribution in [0.2, 0.25) is 0 Å². The number of aromatic amines is 1. The Morgan fingerprint density at radius 2 is 2.04 bits per heavy atom. The fourth-order valence-electron chi connectivity index (χ4n) is 3.93. The number of aromatic nitrogens is 4. The molecule has 0 radical (unpaired) electrons. The molecule has 3 aromatic rings. The van der Waals surface area contributed by atoms with Crippen molar-refractivity contribution in [2.24, 2.45) is 7.05 Å². The zero-order chi connectivity index (χ0) is 20.0. The van der Waals surface area contributed by atoms with Crippen LogP contribution in [0.25, 0.3) is 11.2 Å². The van der Waals surface area contributed by atoms with Gasteiger partial charge in [0, 0.05) is 13.6 Å². The average molecular weight is 381 g/mol. The van der Waals surface area contributed by atoms with Crippen LogP contribution in [0.4, 0.5) is 0 Å². The molecule has 2 aromatic heterocycles. The van der Waals surface area contributed by atoms with E-state index in [1.165, 1.54) is 33.6 Å². The number of amides is 1. The molecule has 1 saturated heterocycles. The number of nitrogens with one attached hydrogen (secondary N) is 1. The highest BCUT2D eigenvalue weighted by atomic mass is 16.2. The number of hydrogen-bond donors (Lipinski definition) is 1. The largest absolute Gasteiger partial charge is 0.334 e. The van der Waals surface area contributed by atoms with E-state index >= 15 is 0 Å². The quantitative estimate of drug-likeness (QED) is 0.742. The normalized spacial score (nSPS) is 16.8. The standard InChI is InChI=1S/C20H23N5O3/c1-12-6-7-14(9-13(12)2)15-5-4-8-25(15)16(26)10-24-11-21-18-17(24)19(27)22-20(28)23(18)3/h6-7,9,11,15H,4-5,8,10H2,1-3H3,(H,22,27,28). The van der Waals surface area contributed by atoms with Gasteiger partial charge in [0.15, 0.2) is 11.2 Å². The summed E-state index contributed by atoms with van der Waals surface area (Å²) in [5.74, 6) is -0.0618. The number of hydrogen-bond acceptors (Lipinski definition) is 4. The van der Waals surface area contributed by atoms with E-state index in [0.717, 1.165) is 18.4 Å². The Kier molecular flexibility index (Phi) is 4.41. The molecule has 0 aliphatic carbocycles. The number of nitrogens with zero attached hydrogens (tertiary/aromatic N) is 4. The van der Waals surface area contributed by atoms with Crippen LogP contribution in [0.5, 0.6) is 0 Å². The minimum absolute atomic E-state index is 0.0130. The summed E-state index contributed by atoms with van der Waals surface area (Å²) in [4.78, 5) is 45.3. The third kappa shape index (κ3) is 2.94. The van der Waals surface area contributed by atoms with E-state index in [-0.39, 0.29) is 29.7 Å². The van der Waals surface area contributed by atoms with Crippen LogP contribution >= 0.6 is 0 Å². The number of carbonyl (C=O) groups is 1. The van der Waals surface area contributed by atoms with Gasteiger partial charge in [-0.15, -0.1) is 0 Å². The zero-order valence-electron chi connectivity index (χ0n) is 16.2. The summed E-state index contributed by atoms with van der Waals surface area (Å²) >= 11 is 0. The number of benzene rings is 1. The maximum absolute atomic E-state index is 13.1. The summed E-state index contributed by atoms with van der Waals surface area (Å²) in [6.07, 6.45) is 3.31. The van der Waals surface area contributed by atoms with Gasteiger partial charge in [0.25, 0.3) is 5.56 Å². The number of imidazole rings is 1. The second kappa shape index (κ2) is 6.78. The number of fused-ring (bicyclic) bond motifs is 1. The number of H-pyrrole nitrogens is 1. The predicted octanol–water partition coefficient (Wildman–Crippen LogP) is 1.40. The van der Waals surface area contributed by atoms with Crippen molar-refractivity contribution in [3.63, 3.8) is 0 Å². The van der Waals surface area contributed by atoms with Gasteiger partial charge < -0.3 is 9.47 Å². The molecule has 8 heteroatoms. The first kappa shape index (κ1) is 18.2. The second-order valence-corrected chi connectivity index (χ2v) is 7.45. The molecule has 1 amide bonds. The van der Waals surface area contributed by atoms with Gasteiger partial charge in [-0.1, -0.05) is 18.2 Å². The van der Waals surface area contributed by atoms with Crippen LogP contribution in [-0.2, 0) is 18.4 Å². The van der Waals surface area contributed by atoms with Crippen LogP contribution in [0.1, 0.15) is 35.6 Å². The number of carbonyl (C=O) groups excluding carboxylic acids is 1. The Labute approximate surface area is 161 Å². The molecule has 146 valence electrons. The summed E-state index contributed by atoms with van der Waals surface area (Å²) in [5.41, 5.74) is 3.04. The molecule has 1 aliphatic heterocycles. The van der Waals surface area contributed by atoms with Gasteiger partial charge in [-0.05, 0) is 43.4 Å². The van der Waals surface area contributed by atoms with E-state index in [9.17, 15) is 14.4 Å². The zero-order valence-corrected chi connectivity index (χ0v) is 16.2. The molecule has 4 rings (SSSR count). The third-order valence-electron chi connectivity index (χ3n) is 5.67. The Morgan fingerprint density at radius 3 is 2.79 bits per heavy atom. The molecular formula is C20H23N5O3. The Morgan fingerprint density at radius 1 is 1.25 bits per heavy atom. The summed E-state index contributed by atoms with van der Waals surface area (Å²) in [5, 5.41) is 0. The van der Waals surface area contributed by atoms with Crippen LogP contribution in [0, 0.1) is 13.8 Å². The number of aryl methyl sites for hydroxylation is 3. The summed E-state index contributed by atoms with van der Waals surface area (Å²) < 4.78 is 2.79. The summed E-state index contributed by atoms with van der Waals surface area (Å²) in [7, 11) is 1.54. The molecule has 8 nitrogen and oxygen atoms in total. The highest BCUT2D eigenvalue weighted by Gasteiger charge is 2.30. The van der Waals surface area contributed by atoms with Crippen molar-refractivity contribution >= 4 is 17.1 Å². The molecule has 3 heterocycles. The fourth-order valence-corrected chi connectivity index (χ4v) is 3.93. The van der Waals surface area contributed by atoms with Gasteiger partial charge in [0.05, 0.1) is 12.4 Å². The average Bonchev–Trinajstić information content (AvgIpc) is 3.29. The van der Waals surface area contributed by atoms with E-state index < -0.39 is 11.2 Å². The van der Waals surface area contributed by atoms with Crippen molar-refractivity contribution in [3.8, 4) is 0 Å². The van der Waals surface area contributed by atoms with Crippen molar-refractivity contribution < 1.29 is 4.79 Å². The van der Waals surface area contributed by atoms with E-state index in [4.69, 9.17) is 0 Å². The van der Waals surface area contributed by atoms with E-state index in [1.54, 1.807) is 0 Å². The van der Waals surface area contributed by atoms with E-state index in [2.05, 4.69) is 42.0 Å². The van der Waals surface area contributed by atoms with Crippen molar-refractivity contribution in [1.82, 2.24) is 24.0 Å². The summed E-state index contributed by atoms with van der Waals surface area (Å²) in [6, 6.07) is 6.38. The highest BCUT2D eigenvalue weighted by molar-refractivity contribution is 5.79. The van der Waals surface area contributed by atoms with Crippen LogP contribution in [0.3, 0.4) is 0 Å². The molecule has 1 atom stereocenters. The lowest BCUT2D eigenvalue weighted by Gasteiger charge is -2.26. The topological polar surface area (TPSA) is 93.0 Å². The lowest BCUT2D eigenvalue weighted by Crippen LogP contribution is -2.34. The maximum atomic E-state index is 13.1. The first-order valence-electron chi connectivity index (χ1n) is 9.37. The van der Waals surface area contributed by atoms with Crippen LogP contribution in [-0.4, -0.2) is 36.5 Å². The molecule has 0 saturated carbocycles. The number of likely N-dealkylation sites (tertiary alicyclic amines) is 1. The molecule has 28 heavy (non-hydrogen) atoms. The van der Waals surface area contributed by atoms with Gasteiger partial charge >= 0.3 is 5.69 Å². The third-order valence-corrected chi connectivity index (χ3v) is 5.67. The van der Waals surface area contributed by atoms with Gasteiger partial charge in [-0.3, -0.25) is 19.1 Å². The monoisotopic (exact) mass is 381 g/mol. The van der Waals surface area contributed by atoms with E-state index in [0.29, 0.717) is 6.54 Å². The predicted molar refractivity (Wildman–Crippen MR) is 105 cm³/mol. The molecule has 1 unspecified atom stereocenters. The van der Waals surface area contributed by atoms with Crippen molar-refractivity contribution in [2.75, 3.05) is 6.54 Å². The van der Waals surface area contributed by atoms with Crippen LogP contribution < -0.4 is 11.2 Å². The molecule has 1 aromatic carbocycles. The first-order chi connectivity index (χ1) is 13.4. The minimum Gasteiger partial charge on any atom is -0.334 e. The Hall–Kier alpha value is -3.16. The smallest absolute Gasteiger partial charge is 0.329 e. The van der Waals surface area contributed by atoms with Crippen molar-refractivity contribution in [3.05, 3.63) is 62.1 Å². The minimum atomic E-state index is -0.532.